The fraction of sp³-hybridized carbons (Fsp3) is 0.600. The number of thiophene rings is 1. The lowest BCUT2D eigenvalue weighted by atomic mass is 10.2. The lowest BCUT2D eigenvalue weighted by molar-refractivity contribution is 0.444. The predicted molar refractivity (Wildman–Crippen MR) is 67.9 cm³/mol. The van der Waals surface area contributed by atoms with E-state index in [-0.39, 0.29) is 23.6 Å². The van der Waals surface area contributed by atoms with Crippen molar-refractivity contribution in [3.05, 3.63) is 21.3 Å². The highest BCUT2D eigenvalue weighted by Gasteiger charge is 2.31. The van der Waals surface area contributed by atoms with Crippen molar-refractivity contribution in [2.24, 2.45) is 0 Å². The Balaban J connectivity index is 2.22. The van der Waals surface area contributed by atoms with Crippen molar-refractivity contribution in [1.82, 2.24) is 5.32 Å². The fourth-order valence-electron chi connectivity index (χ4n) is 1.92. The first-order valence-electron chi connectivity index (χ1n) is 5.22. The van der Waals surface area contributed by atoms with Gasteiger partial charge < -0.3 is 5.32 Å². The first kappa shape index (κ1) is 12.4. The van der Waals surface area contributed by atoms with E-state index in [1.54, 1.807) is 0 Å². The van der Waals surface area contributed by atoms with Gasteiger partial charge in [-0.05, 0) is 18.6 Å². The van der Waals surface area contributed by atoms with Gasteiger partial charge in [-0.15, -0.1) is 11.3 Å². The van der Waals surface area contributed by atoms with Crippen LogP contribution in [0.2, 0.25) is 4.34 Å². The molecular formula is C10H14ClNO2S2. The molecule has 0 amide bonds. The Morgan fingerprint density at radius 1 is 1.50 bits per heavy atom. The van der Waals surface area contributed by atoms with Crippen LogP contribution in [-0.2, 0) is 9.84 Å². The highest BCUT2D eigenvalue weighted by molar-refractivity contribution is 7.91. The van der Waals surface area contributed by atoms with Gasteiger partial charge >= 0.3 is 0 Å². The molecule has 2 atom stereocenters. The molecule has 0 aromatic carbocycles. The molecule has 6 heteroatoms. The van der Waals surface area contributed by atoms with E-state index in [4.69, 9.17) is 11.6 Å². The molecule has 0 bridgehead atoms. The largest absolute Gasteiger partial charge is 0.305 e. The van der Waals surface area contributed by atoms with E-state index >= 15 is 0 Å². The summed E-state index contributed by atoms with van der Waals surface area (Å²) < 4.78 is 24.2. The molecule has 1 aromatic rings. The van der Waals surface area contributed by atoms with Crippen LogP contribution in [0.1, 0.15) is 24.3 Å². The zero-order chi connectivity index (χ0) is 11.8. The molecule has 0 spiro atoms. The van der Waals surface area contributed by atoms with Gasteiger partial charge in [-0.1, -0.05) is 18.5 Å². The van der Waals surface area contributed by atoms with E-state index in [9.17, 15) is 8.42 Å². The molecule has 2 heterocycles. The number of nitrogens with one attached hydrogen (secondary N) is 1. The van der Waals surface area contributed by atoms with Crippen LogP contribution in [-0.4, -0.2) is 26.0 Å². The lowest BCUT2D eigenvalue weighted by Gasteiger charge is -2.29. The third-order valence-electron chi connectivity index (χ3n) is 2.74. The number of rotatable bonds is 2. The normalized spacial score (nSPS) is 29.1. The molecule has 0 radical (unpaired) electrons. The minimum atomic E-state index is -2.93. The Morgan fingerprint density at radius 2 is 2.25 bits per heavy atom. The quantitative estimate of drug-likeness (QED) is 0.903. The molecule has 1 aliphatic heterocycles. The molecule has 90 valence electrons. The van der Waals surface area contributed by atoms with E-state index in [2.05, 4.69) is 5.32 Å². The van der Waals surface area contributed by atoms with Gasteiger partial charge in [0.2, 0.25) is 0 Å². The Morgan fingerprint density at radius 3 is 2.81 bits per heavy atom. The Kier molecular flexibility index (Phi) is 3.59. The van der Waals surface area contributed by atoms with Gasteiger partial charge in [0, 0.05) is 10.9 Å². The van der Waals surface area contributed by atoms with E-state index in [0.717, 1.165) is 11.3 Å². The molecule has 0 aliphatic carbocycles. The predicted octanol–water partition coefficient (Wildman–Crippen LogP) is 2.24. The van der Waals surface area contributed by atoms with E-state index in [1.165, 1.54) is 11.3 Å². The number of hydrogen-bond donors (Lipinski definition) is 1. The van der Waals surface area contributed by atoms with Crippen molar-refractivity contribution >= 4 is 32.8 Å². The maximum absolute atomic E-state index is 11.7. The summed E-state index contributed by atoms with van der Waals surface area (Å²) in [6.07, 6.45) is 0.828. The molecule has 1 fully saturated rings. The molecule has 3 nitrogen and oxygen atoms in total. The molecule has 16 heavy (non-hydrogen) atoms. The number of halogens is 1. The summed E-state index contributed by atoms with van der Waals surface area (Å²) in [5, 5.41) is 3.36. The smallest absolute Gasteiger partial charge is 0.153 e. The van der Waals surface area contributed by atoms with Gasteiger partial charge in [-0.2, -0.15) is 0 Å². The van der Waals surface area contributed by atoms with Crippen LogP contribution in [0, 0.1) is 0 Å². The van der Waals surface area contributed by atoms with Crippen molar-refractivity contribution in [3.8, 4) is 0 Å². The molecule has 2 unspecified atom stereocenters. The van der Waals surface area contributed by atoms with Gasteiger partial charge in [0.05, 0.1) is 21.9 Å². The van der Waals surface area contributed by atoms with Crippen LogP contribution >= 0.6 is 22.9 Å². The average molecular weight is 280 g/mol. The van der Waals surface area contributed by atoms with Crippen molar-refractivity contribution in [2.75, 3.05) is 11.5 Å². The number of sulfone groups is 1. The number of hydrogen-bond acceptors (Lipinski definition) is 4. The summed E-state index contributed by atoms with van der Waals surface area (Å²) in [6.45, 7) is 2.00. The monoisotopic (exact) mass is 279 g/mol. The van der Waals surface area contributed by atoms with E-state index in [1.807, 2.05) is 19.1 Å². The lowest BCUT2D eigenvalue weighted by Crippen LogP contribution is -2.46. The van der Waals surface area contributed by atoms with Gasteiger partial charge in [-0.25, -0.2) is 8.42 Å². The Bertz CT molecular complexity index is 469. The van der Waals surface area contributed by atoms with Crippen molar-refractivity contribution < 1.29 is 8.42 Å². The summed E-state index contributed by atoms with van der Waals surface area (Å²) in [4.78, 5) is 1.01. The SMILES string of the molecule is CCC1CS(=O)(=O)CC(c2ccc(Cl)s2)N1. The van der Waals surface area contributed by atoms with Crippen LogP contribution in [0.25, 0.3) is 0 Å². The topological polar surface area (TPSA) is 46.2 Å². The molecule has 1 saturated heterocycles. The summed E-state index contributed by atoms with van der Waals surface area (Å²) in [5.41, 5.74) is 0. The zero-order valence-electron chi connectivity index (χ0n) is 8.94. The second-order valence-corrected chi connectivity index (χ2v) is 7.94. The second-order valence-electron chi connectivity index (χ2n) is 4.04. The summed E-state index contributed by atoms with van der Waals surface area (Å²) in [7, 11) is -2.93. The third-order valence-corrected chi connectivity index (χ3v) is 5.84. The first-order chi connectivity index (χ1) is 7.50. The minimum absolute atomic E-state index is 0.0598. The summed E-state index contributed by atoms with van der Waals surface area (Å²) in [6, 6.07) is 3.68. The molecule has 1 N–H and O–H groups in total. The van der Waals surface area contributed by atoms with Gasteiger partial charge in [0.25, 0.3) is 0 Å². The van der Waals surface area contributed by atoms with E-state index in [0.29, 0.717) is 4.34 Å². The van der Waals surface area contributed by atoms with Crippen LogP contribution < -0.4 is 5.32 Å². The summed E-state index contributed by atoms with van der Waals surface area (Å²) in [5.74, 6) is 0.430. The molecule has 2 rings (SSSR count). The van der Waals surface area contributed by atoms with Crippen LogP contribution in [0.3, 0.4) is 0 Å². The molecule has 1 aliphatic rings. The standard InChI is InChI=1S/C10H14ClNO2S2/c1-2-7-5-16(13,14)6-8(12-7)9-3-4-10(11)15-9/h3-4,7-8,12H,2,5-6H2,1H3. The first-order valence-corrected chi connectivity index (χ1v) is 8.23. The minimum Gasteiger partial charge on any atom is -0.305 e. The highest BCUT2D eigenvalue weighted by atomic mass is 35.5. The maximum Gasteiger partial charge on any atom is 0.153 e. The van der Waals surface area contributed by atoms with Crippen molar-refractivity contribution in [2.45, 2.75) is 25.4 Å². The average Bonchev–Trinajstić information content (AvgIpc) is 2.62. The van der Waals surface area contributed by atoms with E-state index < -0.39 is 9.84 Å². The molecule has 0 saturated carbocycles. The Labute approximate surface area is 105 Å². The van der Waals surface area contributed by atoms with Crippen molar-refractivity contribution in [3.63, 3.8) is 0 Å². The fourth-order valence-corrected chi connectivity index (χ4v) is 5.02. The van der Waals surface area contributed by atoms with Gasteiger partial charge in [0.15, 0.2) is 9.84 Å². The van der Waals surface area contributed by atoms with Gasteiger partial charge in [0.1, 0.15) is 0 Å². The van der Waals surface area contributed by atoms with Crippen LogP contribution in [0.15, 0.2) is 12.1 Å². The van der Waals surface area contributed by atoms with Crippen molar-refractivity contribution in [1.29, 1.82) is 0 Å². The van der Waals surface area contributed by atoms with Gasteiger partial charge in [-0.3, -0.25) is 0 Å². The van der Waals surface area contributed by atoms with Crippen LogP contribution in [0.5, 0.6) is 0 Å². The third kappa shape index (κ3) is 2.77. The molecule has 1 aromatic heterocycles. The highest BCUT2D eigenvalue weighted by Crippen LogP contribution is 2.30. The van der Waals surface area contributed by atoms with Crippen LogP contribution in [0.4, 0.5) is 0 Å². The second kappa shape index (κ2) is 4.64. The zero-order valence-corrected chi connectivity index (χ0v) is 11.3. The Hall–Kier alpha value is -0.100. The summed E-state index contributed by atoms with van der Waals surface area (Å²) >= 11 is 7.31. The molecular weight excluding hydrogens is 266 g/mol. The maximum atomic E-state index is 11.7.